The van der Waals surface area contributed by atoms with Crippen LogP contribution in [0.3, 0.4) is 0 Å². The van der Waals surface area contributed by atoms with E-state index in [1.54, 1.807) is 0 Å². The highest BCUT2D eigenvalue weighted by Crippen LogP contribution is 2.30. The standard InChI is InChI=1S/C13H13ClN2O7S/c1-23-13(18)9-3-10(5-11(4-9)16(19)20)15-6-8(2-12(15)17)7-24(14,21)22/h3-5,8H,2,6-7H2,1H3. The summed E-state index contributed by atoms with van der Waals surface area (Å²) in [5.41, 5.74) is -0.332. The number of anilines is 1. The van der Waals surface area contributed by atoms with Crippen molar-refractivity contribution in [2.75, 3.05) is 24.3 Å². The summed E-state index contributed by atoms with van der Waals surface area (Å²) in [6.07, 6.45) is -0.0534. The lowest BCUT2D eigenvalue weighted by molar-refractivity contribution is -0.384. The Balaban J connectivity index is 2.37. The SMILES string of the molecule is COC(=O)c1cc(N2CC(CS(=O)(=O)Cl)CC2=O)cc([N+](=O)[O-])c1. The summed E-state index contributed by atoms with van der Waals surface area (Å²) >= 11 is 0. The summed E-state index contributed by atoms with van der Waals surface area (Å²) in [6.45, 7) is 0.0343. The normalized spacial score (nSPS) is 17.8. The summed E-state index contributed by atoms with van der Waals surface area (Å²) in [7, 11) is 2.55. The van der Waals surface area contributed by atoms with E-state index in [1.165, 1.54) is 11.0 Å². The molecule has 0 aromatic heterocycles. The molecule has 0 aliphatic carbocycles. The number of nitro benzene ring substituents is 1. The predicted molar refractivity (Wildman–Crippen MR) is 84.5 cm³/mol. The average Bonchev–Trinajstić information content (AvgIpc) is 2.84. The zero-order chi connectivity index (χ0) is 18.1. The van der Waals surface area contributed by atoms with Crippen LogP contribution in [0.2, 0.25) is 0 Å². The summed E-state index contributed by atoms with van der Waals surface area (Å²) in [5, 5.41) is 11.0. The van der Waals surface area contributed by atoms with E-state index >= 15 is 0 Å². The van der Waals surface area contributed by atoms with Crippen molar-refractivity contribution in [3.8, 4) is 0 Å². The van der Waals surface area contributed by atoms with Gasteiger partial charge in [-0.1, -0.05) is 0 Å². The van der Waals surface area contributed by atoms with Gasteiger partial charge in [-0.2, -0.15) is 0 Å². The number of hydrogen-bond donors (Lipinski definition) is 0. The molecule has 0 spiro atoms. The van der Waals surface area contributed by atoms with Crippen molar-refractivity contribution in [1.82, 2.24) is 0 Å². The highest BCUT2D eigenvalue weighted by atomic mass is 35.7. The molecule has 1 aliphatic rings. The van der Waals surface area contributed by atoms with Crippen molar-refractivity contribution in [3.05, 3.63) is 33.9 Å². The fourth-order valence-corrected chi connectivity index (χ4v) is 3.84. The smallest absolute Gasteiger partial charge is 0.338 e. The number of nitrogens with zero attached hydrogens (tertiary/aromatic N) is 2. The van der Waals surface area contributed by atoms with E-state index in [1.807, 2.05) is 0 Å². The Morgan fingerprint density at radius 1 is 1.46 bits per heavy atom. The van der Waals surface area contributed by atoms with Gasteiger partial charge in [0.05, 0.1) is 29.0 Å². The van der Waals surface area contributed by atoms with E-state index < -0.39 is 31.8 Å². The Bertz CT molecular complexity index is 809. The van der Waals surface area contributed by atoms with Gasteiger partial charge < -0.3 is 9.64 Å². The minimum Gasteiger partial charge on any atom is -0.465 e. The molecule has 24 heavy (non-hydrogen) atoms. The molecule has 9 nitrogen and oxygen atoms in total. The molecule has 130 valence electrons. The Morgan fingerprint density at radius 2 is 2.12 bits per heavy atom. The van der Waals surface area contributed by atoms with Crippen LogP contribution >= 0.6 is 10.7 Å². The van der Waals surface area contributed by atoms with Gasteiger partial charge in [0.2, 0.25) is 15.0 Å². The average molecular weight is 377 g/mol. The summed E-state index contributed by atoms with van der Waals surface area (Å²) < 4.78 is 26.8. The van der Waals surface area contributed by atoms with Crippen molar-refractivity contribution in [2.24, 2.45) is 5.92 Å². The molecule has 0 bridgehead atoms. The van der Waals surface area contributed by atoms with Gasteiger partial charge in [0.15, 0.2) is 0 Å². The number of esters is 1. The van der Waals surface area contributed by atoms with Crippen LogP contribution in [-0.2, 0) is 18.6 Å². The Morgan fingerprint density at radius 3 is 2.67 bits per heavy atom. The Kier molecular flexibility index (Phi) is 5.09. The van der Waals surface area contributed by atoms with E-state index in [2.05, 4.69) is 4.74 Å². The van der Waals surface area contributed by atoms with Gasteiger partial charge in [0.1, 0.15) is 0 Å². The van der Waals surface area contributed by atoms with Gasteiger partial charge in [0, 0.05) is 41.7 Å². The first-order valence-corrected chi connectivity index (χ1v) is 9.19. The highest BCUT2D eigenvalue weighted by molar-refractivity contribution is 8.13. The van der Waals surface area contributed by atoms with Crippen molar-refractivity contribution in [2.45, 2.75) is 6.42 Å². The minimum absolute atomic E-state index is 0.0343. The molecule has 1 unspecified atom stereocenters. The van der Waals surface area contributed by atoms with Crippen LogP contribution in [0.4, 0.5) is 11.4 Å². The molecule has 1 aliphatic heterocycles. The summed E-state index contributed by atoms with van der Waals surface area (Å²) in [5.74, 6) is -2.10. The molecule has 0 N–H and O–H groups in total. The van der Waals surface area contributed by atoms with E-state index in [0.717, 1.165) is 19.2 Å². The number of non-ortho nitro benzene ring substituents is 1. The van der Waals surface area contributed by atoms with Gasteiger partial charge in [-0.3, -0.25) is 14.9 Å². The third-order valence-corrected chi connectivity index (χ3v) is 4.73. The fourth-order valence-electron chi connectivity index (χ4n) is 2.52. The number of benzene rings is 1. The number of carbonyl (C=O) groups excluding carboxylic acids is 2. The molecule has 2 rings (SSSR count). The number of rotatable bonds is 5. The maximum Gasteiger partial charge on any atom is 0.338 e. The number of ether oxygens (including phenoxy) is 1. The topological polar surface area (TPSA) is 124 Å². The van der Waals surface area contributed by atoms with E-state index in [-0.39, 0.29) is 35.7 Å². The van der Waals surface area contributed by atoms with Crippen molar-refractivity contribution in [1.29, 1.82) is 0 Å². The van der Waals surface area contributed by atoms with Crippen LogP contribution in [0.25, 0.3) is 0 Å². The Labute approximate surface area is 141 Å². The van der Waals surface area contributed by atoms with E-state index in [4.69, 9.17) is 10.7 Å². The maximum absolute atomic E-state index is 12.1. The first-order chi connectivity index (χ1) is 11.1. The molecular formula is C13H13ClN2O7S. The second-order valence-electron chi connectivity index (χ2n) is 5.27. The Hall–Kier alpha value is -2.20. The number of nitro groups is 1. The molecule has 1 fully saturated rings. The van der Waals surface area contributed by atoms with Crippen molar-refractivity contribution >= 4 is 43.0 Å². The molecular weight excluding hydrogens is 364 g/mol. The largest absolute Gasteiger partial charge is 0.465 e. The molecule has 1 atom stereocenters. The zero-order valence-corrected chi connectivity index (χ0v) is 14.0. The van der Waals surface area contributed by atoms with Crippen LogP contribution in [0.1, 0.15) is 16.8 Å². The number of methoxy groups -OCH3 is 1. The molecule has 1 aromatic rings. The third kappa shape index (κ3) is 4.20. The maximum atomic E-state index is 12.1. The first-order valence-electron chi connectivity index (χ1n) is 6.71. The molecule has 0 saturated carbocycles. The van der Waals surface area contributed by atoms with Crippen molar-refractivity contribution in [3.63, 3.8) is 0 Å². The summed E-state index contributed by atoms with van der Waals surface area (Å²) in [4.78, 5) is 35.3. The van der Waals surface area contributed by atoms with Gasteiger partial charge in [0.25, 0.3) is 5.69 Å². The van der Waals surface area contributed by atoms with Gasteiger partial charge in [-0.25, -0.2) is 13.2 Å². The van der Waals surface area contributed by atoms with Crippen LogP contribution < -0.4 is 4.90 Å². The molecule has 1 aromatic carbocycles. The monoisotopic (exact) mass is 376 g/mol. The quantitative estimate of drug-likeness (QED) is 0.328. The predicted octanol–water partition coefficient (Wildman–Crippen LogP) is 1.30. The molecule has 1 saturated heterocycles. The van der Waals surface area contributed by atoms with Crippen LogP contribution in [0, 0.1) is 16.0 Å². The third-order valence-electron chi connectivity index (χ3n) is 3.49. The number of hydrogen-bond acceptors (Lipinski definition) is 7. The lowest BCUT2D eigenvalue weighted by Crippen LogP contribution is -2.25. The molecule has 0 radical (unpaired) electrons. The van der Waals surface area contributed by atoms with Crippen LogP contribution in [0.15, 0.2) is 18.2 Å². The second-order valence-corrected chi connectivity index (χ2v) is 8.09. The second kappa shape index (κ2) is 6.73. The van der Waals surface area contributed by atoms with Crippen molar-refractivity contribution < 1.29 is 27.7 Å². The lowest BCUT2D eigenvalue weighted by atomic mass is 10.1. The molecule has 1 amide bonds. The van der Waals surface area contributed by atoms with Gasteiger partial charge in [-0.05, 0) is 6.07 Å². The van der Waals surface area contributed by atoms with Gasteiger partial charge in [-0.15, -0.1) is 0 Å². The van der Waals surface area contributed by atoms with E-state index in [9.17, 15) is 28.1 Å². The minimum atomic E-state index is -3.77. The van der Waals surface area contributed by atoms with E-state index in [0.29, 0.717) is 0 Å². The highest BCUT2D eigenvalue weighted by Gasteiger charge is 2.34. The number of carbonyl (C=O) groups is 2. The van der Waals surface area contributed by atoms with Crippen LogP contribution in [0.5, 0.6) is 0 Å². The first kappa shape index (κ1) is 18.1. The molecule has 11 heteroatoms. The fraction of sp³-hybridized carbons (Fsp3) is 0.385. The number of amides is 1. The number of halogens is 1. The summed E-state index contributed by atoms with van der Waals surface area (Å²) in [6, 6.07) is 3.47. The van der Waals surface area contributed by atoms with Gasteiger partial charge >= 0.3 is 5.97 Å². The van der Waals surface area contributed by atoms with Crippen LogP contribution in [-0.4, -0.2) is 44.6 Å². The lowest BCUT2D eigenvalue weighted by Gasteiger charge is -2.17. The molecule has 1 heterocycles. The zero-order valence-electron chi connectivity index (χ0n) is 12.5.